The van der Waals surface area contributed by atoms with Gasteiger partial charge in [-0.2, -0.15) is 0 Å². The maximum absolute atomic E-state index is 4.70. The fraction of sp³-hybridized carbons (Fsp3) is 0.357. The molecule has 3 heteroatoms. The first-order chi connectivity index (χ1) is 8.38. The van der Waals surface area contributed by atoms with E-state index in [1.807, 2.05) is 0 Å². The molecule has 1 N–H and O–H groups in total. The summed E-state index contributed by atoms with van der Waals surface area (Å²) >= 11 is 1.76. The molecule has 2 heterocycles. The van der Waals surface area contributed by atoms with E-state index in [0.29, 0.717) is 0 Å². The quantitative estimate of drug-likeness (QED) is 0.870. The van der Waals surface area contributed by atoms with Crippen LogP contribution in [0.15, 0.2) is 23.6 Å². The predicted molar refractivity (Wildman–Crippen MR) is 73.7 cm³/mol. The number of fused-ring (bicyclic) bond motifs is 1. The molecule has 1 aromatic heterocycles. The fourth-order valence-corrected chi connectivity index (χ4v) is 3.26. The van der Waals surface area contributed by atoms with E-state index in [1.54, 1.807) is 11.3 Å². The van der Waals surface area contributed by atoms with Crippen molar-refractivity contribution in [2.45, 2.75) is 26.2 Å². The molecular weight excluding hydrogens is 228 g/mol. The number of rotatable bonds is 2. The lowest BCUT2D eigenvalue weighted by atomic mass is 9.98. The molecule has 0 bridgehead atoms. The largest absolute Gasteiger partial charge is 0.385 e. The van der Waals surface area contributed by atoms with Gasteiger partial charge in [0.1, 0.15) is 5.01 Å². The van der Waals surface area contributed by atoms with Gasteiger partial charge in [-0.1, -0.05) is 19.1 Å². The van der Waals surface area contributed by atoms with Crippen LogP contribution in [-0.2, 0) is 12.8 Å². The smallest absolute Gasteiger partial charge is 0.123 e. The molecule has 1 aromatic carbocycles. The summed E-state index contributed by atoms with van der Waals surface area (Å²) in [7, 11) is 0. The Kier molecular flexibility index (Phi) is 2.85. The van der Waals surface area contributed by atoms with Crippen molar-refractivity contribution in [1.82, 2.24) is 4.98 Å². The first-order valence-electron chi connectivity index (χ1n) is 6.19. The summed E-state index contributed by atoms with van der Waals surface area (Å²) in [6, 6.07) is 6.50. The molecule has 0 saturated heterocycles. The van der Waals surface area contributed by atoms with Crippen LogP contribution in [0.2, 0.25) is 0 Å². The van der Waals surface area contributed by atoms with E-state index < -0.39 is 0 Å². The van der Waals surface area contributed by atoms with Crippen molar-refractivity contribution < 1.29 is 0 Å². The molecule has 0 fully saturated rings. The summed E-state index contributed by atoms with van der Waals surface area (Å²) in [6.45, 7) is 3.25. The number of nitrogens with one attached hydrogen (secondary N) is 1. The maximum atomic E-state index is 4.70. The van der Waals surface area contributed by atoms with Gasteiger partial charge in [-0.3, -0.25) is 0 Å². The Bertz CT molecular complexity index is 531. The van der Waals surface area contributed by atoms with Crippen molar-refractivity contribution in [3.63, 3.8) is 0 Å². The number of aromatic nitrogens is 1. The average Bonchev–Trinajstić information content (AvgIpc) is 2.87. The van der Waals surface area contributed by atoms with Crippen molar-refractivity contribution in [1.29, 1.82) is 0 Å². The second-order valence-electron chi connectivity index (χ2n) is 4.36. The molecule has 3 rings (SSSR count). The maximum Gasteiger partial charge on any atom is 0.123 e. The summed E-state index contributed by atoms with van der Waals surface area (Å²) < 4.78 is 0. The summed E-state index contributed by atoms with van der Waals surface area (Å²) in [6.07, 6.45) is 3.40. The van der Waals surface area contributed by atoms with Gasteiger partial charge in [0.2, 0.25) is 0 Å². The lowest BCUT2D eigenvalue weighted by Crippen LogP contribution is -2.12. The van der Waals surface area contributed by atoms with Gasteiger partial charge in [0.05, 0.1) is 5.69 Å². The van der Waals surface area contributed by atoms with Crippen LogP contribution >= 0.6 is 11.3 Å². The normalized spacial score (nSPS) is 14.2. The van der Waals surface area contributed by atoms with Crippen LogP contribution in [0.3, 0.4) is 0 Å². The van der Waals surface area contributed by atoms with Crippen LogP contribution in [0.5, 0.6) is 0 Å². The molecule has 0 aliphatic carbocycles. The highest BCUT2D eigenvalue weighted by Gasteiger charge is 2.15. The van der Waals surface area contributed by atoms with Crippen molar-refractivity contribution in [2.24, 2.45) is 0 Å². The highest BCUT2D eigenvalue weighted by Crippen LogP contribution is 2.34. The Labute approximate surface area is 106 Å². The summed E-state index contributed by atoms with van der Waals surface area (Å²) in [5, 5.41) is 6.81. The topological polar surface area (TPSA) is 24.9 Å². The zero-order chi connectivity index (χ0) is 11.7. The van der Waals surface area contributed by atoms with Crippen LogP contribution < -0.4 is 5.32 Å². The van der Waals surface area contributed by atoms with Gasteiger partial charge in [-0.25, -0.2) is 4.98 Å². The number of benzene rings is 1. The highest BCUT2D eigenvalue weighted by molar-refractivity contribution is 7.13. The minimum Gasteiger partial charge on any atom is -0.385 e. The fourth-order valence-electron chi connectivity index (χ4n) is 2.30. The van der Waals surface area contributed by atoms with E-state index in [0.717, 1.165) is 13.0 Å². The number of hydrogen-bond donors (Lipinski definition) is 1. The van der Waals surface area contributed by atoms with Crippen LogP contribution in [0.1, 0.15) is 24.6 Å². The Morgan fingerprint density at radius 3 is 3.18 bits per heavy atom. The molecule has 17 heavy (non-hydrogen) atoms. The average molecular weight is 244 g/mol. The minimum atomic E-state index is 1.02. The second-order valence-corrected chi connectivity index (χ2v) is 5.22. The molecule has 0 atom stereocenters. The van der Waals surface area contributed by atoms with Gasteiger partial charge in [0, 0.05) is 23.2 Å². The number of hydrogen-bond acceptors (Lipinski definition) is 3. The first-order valence-corrected chi connectivity index (χ1v) is 7.07. The lowest BCUT2D eigenvalue weighted by Gasteiger charge is -2.20. The Hall–Kier alpha value is -1.35. The molecule has 0 amide bonds. The van der Waals surface area contributed by atoms with Crippen LogP contribution in [-0.4, -0.2) is 11.5 Å². The van der Waals surface area contributed by atoms with Crippen molar-refractivity contribution >= 4 is 17.0 Å². The molecule has 0 saturated carbocycles. The van der Waals surface area contributed by atoms with E-state index in [1.165, 1.54) is 40.4 Å². The molecule has 1 aliphatic heterocycles. The summed E-state index contributed by atoms with van der Waals surface area (Å²) in [5.41, 5.74) is 5.25. The van der Waals surface area contributed by atoms with E-state index >= 15 is 0 Å². The van der Waals surface area contributed by atoms with Gasteiger partial charge < -0.3 is 5.32 Å². The van der Waals surface area contributed by atoms with Gasteiger partial charge in [0.25, 0.3) is 0 Å². The first kappa shape index (κ1) is 10.8. The van der Waals surface area contributed by atoms with Gasteiger partial charge >= 0.3 is 0 Å². The van der Waals surface area contributed by atoms with Crippen molar-refractivity contribution in [2.75, 3.05) is 11.9 Å². The van der Waals surface area contributed by atoms with Crippen molar-refractivity contribution in [3.8, 4) is 10.6 Å². The third kappa shape index (κ3) is 1.95. The third-order valence-electron chi connectivity index (χ3n) is 3.24. The molecule has 1 aliphatic rings. The van der Waals surface area contributed by atoms with Gasteiger partial charge in [0.15, 0.2) is 0 Å². The monoisotopic (exact) mass is 244 g/mol. The molecule has 0 unspecified atom stereocenters. The Morgan fingerprint density at radius 2 is 2.35 bits per heavy atom. The zero-order valence-electron chi connectivity index (χ0n) is 9.99. The predicted octanol–water partition coefficient (Wildman–Crippen LogP) is 3.73. The molecule has 2 nitrogen and oxygen atoms in total. The van der Waals surface area contributed by atoms with E-state index in [4.69, 9.17) is 4.98 Å². The second kappa shape index (κ2) is 4.49. The zero-order valence-corrected chi connectivity index (χ0v) is 10.8. The molecule has 2 aromatic rings. The van der Waals surface area contributed by atoms with Crippen LogP contribution in [0.25, 0.3) is 10.6 Å². The molecule has 88 valence electrons. The van der Waals surface area contributed by atoms with Gasteiger partial charge in [-0.05, 0) is 30.9 Å². The third-order valence-corrected chi connectivity index (χ3v) is 4.16. The summed E-state index contributed by atoms with van der Waals surface area (Å²) in [5.74, 6) is 0. The number of aryl methyl sites for hydroxylation is 1. The number of thiazole rings is 1. The summed E-state index contributed by atoms with van der Waals surface area (Å²) in [4.78, 5) is 4.70. The van der Waals surface area contributed by atoms with E-state index in [2.05, 4.69) is 35.8 Å². The minimum absolute atomic E-state index is 1.02. The van der Waals surface area contributed by atoms with Crippen LogP contribution in [0.4, 0.5) is 5.69 Å². The van der Waals surface area contributed by atoms with E-state index in [-0.39, 0.29) is 0 Å². The lowest BCUT2D eigenvalue weighted by molar-refractivity contribution is 0.831. The van der Waals surface area contributed by atoms with Crippen LogP contribution in [0, 0.1) is 0 Å². The number of anilines is 1. The standard InChI is InChI=1S/C14H16N2S/c1-2-10-9-17-14(16-10)12-5-3-7-13-11(12)6-4-8-15-13/h3,5,7,9,15H,2,4,6,8H2,1H3. The van der Waals surface area contributed by atoms with E-state index in [9.17, 15) is 0 Å². The van der Waals surface area contributed by atoms with Crippen molar-refractivity contribution in [3.05, 3.63) is 34.8 Å². The SMILES string of the molecule is CCc1csc(-c2cccc3c2CCCN3)n1. The molecule has 0 spiro atoms. The molecule has 0 radical (unpaired) electrons. The number of nitrogens with zero attached hydrogens (tertiary/aromatic N) is 1. The Morgan fingerprint density at radius 1 is 1.41 bits per heavy atom. The highest BCUT2D eigenvalue weighted by atomic mass is 32.1. The Balaban J connectivity index is 2.07. The molecular formula is C14H16N2S. The van der Waals surface area contributed by atoms with Gasteiger partial charge in [-0.15, -0.1) is 11.3 Å².